The predicted octanol–water partition coefficient (Wildman–Crippen LogP) is 1.84. The van der Waals surface area contributed by atoms with Crippen molar-refractivity contribution in [3.8, 4) is 28.6 Å². The normalized spacial score (nSPS) is 17.8. The molecular weight excluding hydrogens is 374 g/mol. The second-order valence-electron chi connectivity index (χ2n) is 7.02. The standard InChI is InChI=1S/C20H21N5O4/c1-11-21-9-16(15-7-18(26)25(2)24-19(15)27)20(23-11)29-10-12-6-14(12)17-5-4-13(28-3)8-22-17/h4-5,7-9,12,14H,6,10H2,1-3H3,(H,24,27)/t12-,14+/m1/s1. The van der Waals surface area contributed by atoms with Crippen molar-refractivity contribution < 1.29 is 14.6 Å². The van der Waals surface area contributed by atoms with Crippen LogP contribution in [0.25, 0.3) is 11.1 Å². The third-order valence-electron chi connectivity index (χ3n) is 4.97. The summed E-state index contributed by atoms with van der Waals surface area (Å²) in [5.41, 5.74) is 1.33. The van der Waals surface area contributed by atoms with Crippen LogP contribution in [0, 0.1) is 12.8 Å². The first-order valence-corrected chi connectivity index (χ1v) is 9.20. The monoisotopic (exact) mass is 395 g/mol. The van der Waals surface area contributed by atoms with Gasteiger partial charge in [0.05, 0.1) is 31.0 Å². The lowest BCUT2D eigenvalue weighted by atomic mass is 10.1. The number of ether oxygens (including phenoxy) is 2. The first-order valence-electron chi connectivity index (χ1n) is 9.20. The van der Waals surface area contributed by atoms with E-state index in [0.29, 0.717) is 35.7 Å². The number of aromatic nitrogens is 5. The van der Waals surface area contributed by atoms with Crippen LogP contribution in [0.2, 0.25) is 0 Å². The Morgan fingerprint density at radius 2 is 2.07 bits per heavy atom. The molecule has 150 valence electrons. The average Bonchev–Trinajstić information content (AvgIpc) is 3.49. The van der Waals surface area contributed by atoms with Crippen LogP contribution in [-0.4, -0.2) is 43.6 Å². The zero-order valence-electron chi connectivity index (χ0n) is 16.4. The third-order valence-corrected chi connectivity index (χ3v) is 4.97. The highest BCUT2D eigenvalue weighted by molar-refractivity contribution is 5.71. The maximum absolute atomic E-state index is 12.0. The van der Waals surface area contributed by atoms with E-state index < -0.39 is 0 Å². The van der Waals surface area contributed by atoms with E-state index in [1.165, 1.54) is 19.3 Å². The molecule has 4 rings (SSSR count). The van der Waals surface area contributed by atoms with Crippen molar-refractivity contribution in [2.75, 3.05) is 13.7 Å². The van der Waals surface area contributed by atoms with Crippen molar-refractivity contribution in [3.63, 3.8) is 0 Å². The highest BCUT2D eigenvalue weighted by Gasteiger charge is 2.40. The Kier molecular flexibility index (Phi) is 4.87. The summed E-state index contributed by atoms with van der Waals surface area (Å²) in [7, 11) is 3.08. The molecule has 1 aliphatic rings. The van der Waals surface area contributed by atoms with Crippen LogP contribution < -0.4 is 15.0 Å². The van der Waals surface area contributed by atoms with Crippen LogP contribution in [-0.2, 0) is 7.05 Å². The summed E-state index contributed by atoms with van der Waals surface area (Å²) in [6.45, 7) is 2.20. The van der Waals surface area contributed by atoms with Gasteiger partial charge >= 0.3 is 0 Å². The van der Waals surface area contributed by atoms with Gasteiger partial charge in [0.25, 0.3) is 5.56 Å². The molecule has 0 amide bonds. The van der Waals surface area contributed by atoms with Gasteiger partial charge in [-0.05, 0) is 25.5 Å². The maximum atomic E-state index is 12.0. The van der Waals surface area contributed by atoms with E-state index in [2.05, 4.69) is 20.1 Å². The van der Waals surface area contributed by atoms with Crippen molar-refractivity contribution >= 4 is 0 Å². The molecule has 0 aromatic carbocycles. The lowest BCUT2D eigenvalue weighted by molar-refractivity contribution is 0.285. The zero-order valence-corrected chi connectivity index (χ0v) is 16.4. The van der Waals surface area contributed by atoms with Gasteiger partial charge in [-0.3, -0.25) is 9.78 Å². The van der Waals surface area contributed by atoms with E-state index in [0.717, 1.165) is 22.5 Å². The fourth-order valence-electron chi connectivity index (χ4n) is 3.18. The summed E-state index contributed by atoms with van der Waals surface area (Å²) in [6, 6.07) is 5.16. The largest absolute Gasteiger partial charge is 0.495 e. The number of aromatic hydroxyl groups is 1. The second kappa shape index (κ2) is 7.50. The quantitative estimate of drug-likeness (QED) is 0.673. The summed E-state index contributed by atoms with van der Waals surface area (Å²) < 4.78 is 12.2. The number of aryl methyl sites for hydroxylation is 2. The molecular formula is C20H21N5O4. The molecule has 0 spiro atoms. The highest BCUT2D eigenvalue weighted by Crippen LogP contribution is 2.47. The summed E-state index contributed by atoms with van der Waals surface area (Å²) >= 11 is 0. The van der Waals surface area contributed by atoms with Crippen LogP contribution in [0.5, 0.6) is 17.5 Å². The van der Waals surface area contributed by atoms with Crippen LogP contribution in [0.1, 0.15) is 23.9 Å². The van der Waals surface area contributed by atoms with Gasteiger partial charge in [0.15, 0.2) is 0 Å². The first kappa shape index (κ1) is 18.9. The van der Waals surface area contributed by atoms with Crippen molar-refractivity contribution in [3.05, 3.63) is 52.5 Å². The van der Waals surface area contributed by atoms with E-state index >= 15 is 0 Å². The molecule has 1 N–H and O–H groups in total. The SMILES string of the molecule is COc1ccc([C@H]2C[C@@H]2COc2nc(C)ncc2-c2cc(=O)n(C)nc2O)nc1. The van der Waals surface area contributed by atoms with Gasteiger partial charge < -0.3 is 14.6 Å². The minimum absolute atomic E-state index is 0.243. The molecule has 1 saturated carbocycles. The minimum Gasteiger partial charge on any atom is -0.495 e. The molecule has 3 heterocycles. The van der Waals surface area contributed by atoms with Gasteiger partial charge in [0, 0.05) is 36.8 Å². The molecule has 0 radical (unpaired) electrons. The smallest absolute Gasteiger partial charge is 0.267 e. The summed E-state index contributed by atoms with van der Waals surface area (Å²) in [4.78, 5) is 24.9. The molecule has 0 bridgehead atoms. The van der Waals surface area contributed by atoms with E-state index in [9.17, 15) is 9.90 Å². The predicted molar refractivity (Wildman–Crippen MR) is 104 cm³/mol. The van der Waals surface area contributed by atoms with Gasteiger partial charge in [0.2, 0.25) is 11.8 Å². The Bertz CT molecular complexity index is 1100. The number of pyridine rings is 1. The maximum Gasteiger partial charge on any atom is 0.267 e. The topological polar surface area (TPSA) is 112 Å². The number of rotatable bonds is 6. The molecule has 0 unspecified atom stereocenters. The van der Waals surface area contributed by atoms with Gasteiger partial charge in [-0.2, -0.15) is 4.98 Å². The van der Waals surface area contributed by atoms with Gasteiger partial charge in [0.1, 0.15) is 11.6 Å². The van der Waals surface area contributed by atoms with Gasteiger partial charge in [-0.15, -0.1) is 5.10 Å². The van der Waals surface area contributed by atoms with E-state index in [1.54, 1.807) is 20.2 Å². The lowest BCUT2D eigenvalue weighted by Crippen LogP contribution is -2.18. The van der Waals surface area contributed by atoms with Crippen molar-refractivity contribution in [1.82, 2.24) is 24.7 Å². The minimum atomic E-state index is -0.350. The first-order chi connectivity index (χ1) is 14.0. The van der Waals surface area contributed by atoms with Crippen molar-refractivity contribution in [2.24, 2.45) is 13.0 Å². The molecule has 9 heteroatoms. The highest BCUT2D eigenvalue weighted by atomic mass is 16.5. The van der Waals surface area contributed by atoms with Gasteiger partial charge in [-0.1, -0.05) is 0 Å². The van der Waals surface area contributed by atoms with Crippen LogP contribution >= 0.6 is 0 Å². The molecule has 2 atom stereocenters. The zero-order chi connectivity index (χ0) is 20.5. The average molecular weight is 395 g/mol. The van der Waals surface area contributed by atoms with E-state index in [-0.39, 0.29) is 17.0 Å². The Labute approximate surface area is 167 Å². The van der Waals surface area contributed by atoms with Crippen LogP contribution in [0.15, 0.2) is 35.4 Å². The Hall–Kier alpha value is -3.49. The fraction of sp³-hybridized carbons (Fsp3) is 0.350. The molecule has 0 saturated heterocycles. The molecule has 0 aliphatic heterocycles. The van der Waals surface area contributed by atoms with Crippen molar-refractivity contribution in [2.45, 2.75) is 19.3 Å². The van der Waals surface area contributed by atoms with Crippen molar-refractivity contribution in [1.29, 1.82) is 0 Å². The Morgan fingerprint density at radius 1 is 1.24 bits per heavy atom. The van der Waals surface area contributed by atoms with Crippen LogP contribution in [0.3, 0.4) is 0 Å². The number of methoxy groups -OCH3 is 1. The lowest BCUT2D eigenvalue weighted by Gasteiger charge is -2.12. The number of hydrogen-bond acceptors (Lipinski definition) is 8. The second-order valence-corrected chi connectivity index (χ2v) is 7.02. The molecule has 1 aliphatic carbocycles. The fourth-order valence-corrected chi connectivity index (χ4v) is 3.18. The molecule has 29 heavy (non-hydrogen) atoms. The Morgan fingerprint density at radius 3 is 2.79 bits per heavy atom. The van der Waals surface area contributed by atoms with E-state index in [4.69, 9.17) is 9.47 Å². The van der Waals surface area contributed by atoms with Gasteiger partial charge in [-0.25, -0.2) is 9.67 Å². The summed E-state index contributed by atoms with van der Waals surface area (Å²) in [6.07, 6.45) is 4.21. The molecule has 9 nitrogen and oxygen atoms in total. The summed E-state index contributed by atoms with van der Waals surface area (Å²) in [5.74, 6) is 1.93. The number of nitrogens with zero attached hydrogens (tertiary/aromatic N) is 5. The molecule has 3 aromatic heterocycles. The Balaban J connectivity index is 1.52. The molecule has 1 fully saturated rings. The molecule has 3 aromatic rings. The van der Waals surface area contributed by atoms with E-state index in [1.807, 2.05) is 12.1 Å². The summed E-state index contributed by atoms with van der Waals surface area (Å²) in [5, 5.41) is 14.0. The third kappa shape index (κ3) is 3.89. The number of hydrogen-bond donors (Lipinski definition) is 1. The van der Waals surface area contributed by atoms with Crippen LogP contribution in [0.4, 0.5) is 0 Å².